The van der Waals surface area contributed by atoms with Gasteiger partial charge in [-0.2, -0.15) is 5.10 Å². The zero-order valence-electron chi connectivity index (χ0n) is 17.3. The van der Waals surface area contributed by atoms with Crippen LogP contribution in [0.3, 0.4) is 0 Å². The van der Waals surface area contributed by atoms with Gasteiger partial charge in [0.25, 0.3) is 0 Å². The molecule has 0 radical (unpaired) electrons. The van der Waals surface area contributed by atoms with E-state index in [4.69, 9.17) is 14.8 Å². The second-order valence-corrected chi connectivity index (χ2v) is 7.13. The SMILES string of the molecule is CCOC(=O)c1c2c(nn1CCCNC)-c1nc(Nc3ccccc3)ncc1CC2. The van der Waals surface area contributed by atoms with Crippen LogP contribution in [-0.2, 0) is 24.1 Å². The Morgan fingerprint density at radius 2 is 2.03 bits per heavy atom. The Labute approximate surface area is 175 Å². The number of benzene rings is 1. The van der Waals surface area contributed by atoms with Crippen molar-refractivity contribution < 1.29 is 9.53 Å². The highest BCUT2D eigenvalue weighted by molar-refractivity contribution is 5.92. The number of anilines is 2. The number of hydrogen-bond donors (Lipinski definition) is 2. The maximum atomic E-state index is 12.7. The normalized spacial score (nSPS) is 12.2. The summed E-state index contributed by atoms with van der Waals surface area (Å²) >= 11 is 0. The third-order valence-corrected chi connectivity index (χ3v) is 5.08. The molecule has 4 rings (SSSR count). The van der Waals surface area contributed by atoms with Crippen LogP contribution in [0.15, 0.2) is 36.5 Å². The molecule has 3 aromatic rings. The molecule has 156 valence electrons. The Morgan fingerprint density at radius 1 is 1.20 bits per heavy atom. The van der Waals surface area contributed by atoms with E-state index >= 15 is 0 Å². The van der Waals surface area contributed by atoms with Gasteiger partial charge in [0, 0.05) is 24.0 Å². The number of nitrogens with zero attached hydrogens (tertiary/aromatic N) is 4. The average Bonchev–Trinajstić information content (AvgIpc) is 3.14. The molecule has 2 N–H and O–H groups in total. The number of nitrogens with one attached hydrogen (secondary N) is 2. The molecule has 0 saturated carbocycles. The van der Waals surface area contributed by atoms with E-state index in [9.17, 15) is 4.79 Å². The van der Waals surface area contributed by atoms with Crippen molar-refractivity contribution in [3.05, 3.63) is 53.3 Å². The summed E-state index contributed by atoms with van der Waals surface area (Å²) < 4.78 is 7.11. The minimum Gasteiger partial charge on any atom is -0.461 e. The summed E-state index contributed by atoms with van der Waals surface area (Å²) in [7, 11) is 1.91. The zero-order valence-corrected chi connectivity index (χ0v) is 17.3. The van der Waals surface area contributed by atoms with Crippen LogP contribution in [0.4, 0.5) is 11.6 Å². The zero-order chi connectivity index (χ0) is 20.9. The Balaban J connectivity index is 1.72. The lowest BCUT2D eigenvalue weighted by Crippen LogP contribution is -2.18. The molecule has 8 heteroatoms. The van der Waals surface area contributed by atoms with E-state index < -0.39 is 0 Å². The number of carbonyl (C=O) groups excluding carboxylic acids is 1. The lowest BCUT2D eigenvalue weighted by atomic mass is 9.93. The van der Waals surface area contributed by atoms with E-state index in [0.717, 1.165) is 54.0 Å². The van der Waals surface area contributed by atoms with Gasteiger partial charge in [-0.1, -0.05) is 18.2 Å². The minimum absolute atomic E-state index is 0.323. The van der Waals surface area contributed by atoms with Crippen molar-refractivity contribution in [3.63, 3.8) is 0 Å². The number of ether oxygens (including phenoxy) is 1. The lowest BCUT2D eigenvalue weighted by molar-refractivity contribution is 0.0510. The molecular weight excluding hydrogens is 380 g/mol. The van der Waals surface area contributed by atoms with Gasteiger partial charge in [0.05, 0.1) is 12.3 Å². The van der Waals surface area contributed by atoms with E-state index in [1.54, 1.807) is 4.68 Å². The topological polar surface area (TPSA) is 94.0 Å². The molecular formula is C22H26N6O2. The third kappa shape index (κ3) is 4.04. The molecule has 0 atom stereocenters. The van der Waals surface area contributed by atoms with Gasteiger partial charge in [0.15, 0.2) is 0 Å². The fourth-order valence-electron chi connectivity index (χ4n) is 3.69. The minimum atomic E-state index is -0.323. The Hall–Kier alpha value is -3.26. The van der Waals surface area contributed by atoms with Crippen molar-refractivity contribution in [1.82, 2.24) is 25.1 Å². The van der Waals surface area contributed by atoms with Crippen LogP contribution in [-0.4, -0.2) is 45.9 Å². The number of esters is 1. The molecule has 30 heavy (non-hydrogen) atoms. The Bertz CT molecular complexity index is 1030. The second kappa shape index (κ2) is 9.04. The predicted octanol–water partition coefficient (Wildman–Crippen LogP) is 2.97. The lowest BCUT2D eigenvalue weighted by Gasteiger charge is -2.16. The number of aromatic nitrogens is 4. The highest BCUT2D eigenvalue weighted by atomic mass is 16.5. The van der Waals surface area contributed by atoms with Crippen LogP contribution in [0, 0.1) is 0 Å². The third-order valence-electron chi connectivity index (χ3n) is 5.08. The van der Waals surface area contributed by atoms with Crippen LogP contribution in [0.5, 0.6) is 0 Å². The van der Waals surface area contributed by atoms with Gasteiger partial charge in [0.1, 0.15) is 11.4 Å². The summed E-state index contributed by atoms with van der Waals surface area (Å²) in [5.41, 5.74) is 4.94. The van der Waals surface area contributed by atoms with Gasteiger partial charge in [-0.3, -0.25) is 4.68 Å². The van der Waals surface area contributed by atoms with E-state index in [1.807, 2.05) is 50.5 Å². The molecule has 0 spiro atoms. The number of fused-ring (bicyclic) bond motifs is 3. The van der Waals surface area contributed by atoms with Crippen molar-refractivity contribution in [1.29, 1.82) is 0 Å². The molecule has 1 aliphatic rings. The number of hydrogen-bond acceptors (Lipinski definition) is 7. The maximum absolute atomic E-state index is 12.7. The maximum Gasteiger partial charge on any atom is 0.356 e. The average molecular weight is 406 g/mol. The number of aryl methyl sites for hydroxylation is 2. The highest BCUT2D eigenvalue weighted by Crippen LogP contribution is 2.34. The first kappa shape index (κ1) is 20.0. The van der Waals surface area contributed by atoms with Gasteiger partial charge >= 0.3 is 5.97 Å². The molecule has 8 nitrogen and oxygen atoms in total. The summed E-state index contributed by atoms with van der Waals surface area (Å²) in [5.74, 6) is 0.186. The highest BCUT2D eigenvalue weighted by Gasteiger charge is 2.30. The standard InChI is InChI=1S/C22H26N6O2/c1-3-30-21(29)20-17-11-10-15-14-24-22(25-16-8-5-4-6-9-16)26-18(15)19(17)27-28(20)13-7-12-23-2/h4-6,8-9,14,23H,3,7,10-13H2,1-2H3,(H,24,25,26). The first-order valence-corrected chi connectivity index (χ1v) is 10.3. The first-order valence-electron chi connectivity index (χ1n) is 10.3. The van der Waals surface area contributed by atoms with Crippen LogP contribution in [0.2, 0.25) is 0 Å². The monoisotopic (exact) mass is 406 g/mol. The quantitative estimate of drug-likeness (QED) is 0.439. The predicted molar refractivity (Wildman–Crippen MR) is 115 cm³/mol. The first-order chi connectivity index (χ1) is 14.7. The van der Waals surface area contributed by atoms with Gasteiger partial charge in [-0.25, -0.2) is 14.8 Å². The van der Waals surface area contributed by atoms with Crippen molar-refractivity contribution in [3.8, 4) is 11.4 Å². The molecule has 2 heterocycles. The van der Waals surface area contributed by atoms with Crippen LogP contribution < -0.4 is 10.6 Å². The van der Waals surface area contributed by atoms with Gasteiger partial charge in [0.2, 0.25) is 5.95 Å². The number of para-hydroxylation sites is 1. The molecule has 0 amide bonds. The largest absolute Gasteiger partial charge is 0.461 e. The van der Waals surface area contributed by atoms with Crippen LogP contribution in [0.25, 0.3) is 11.4 Å². The summed E-state index contributed by atoms with van der Waals surface area (Å²) in [5, 5.41) is 11.2. The van der Waals surface area contributed by atoms with E-state index in [-0.39, 0.29) is 5.97 Å². The van der Waals surface area contributed by atoms with Gasteiger partial charge < -0.3 is 15.4 Å². The van der Waals surface area contributed by atoms with Crippen molar-refractivity contribution in [2.45, 2.75) is 32.7 Å². The molecule has 0 unspecified atom stereocenters. The van der Waals surface area contributed by atoms with Crippen molar-refractivity contribution in [2.24, 2.45) is 0 Å². The molecule has 2 aromatic heterocycles. The van der Waals surface area contributed by atoms with Crippen LogP contribution in [0.1, 0.15) is 35.0 Å². The molecule has 0 aliphatic heterocycles. The summed E-state index contributed by atoms with van der Waals surface area (Å²) in [6, 6.07) is 9.80. The fraction of sp³-hybridized carbons (Fsp3) is 0.364. The smallest absolute Gasteiger partial charge is 0.356 e. The molecule has 0 saturated heterocycles. The van der Waals surface area contributed by atoms with E-state index in [0.29, 0.717) is 24.8 Å². The van der Waals surface area contributed by atoms with E-state index in [1.165, 1.54) is 0 Å². The molecule has 1 aliphatic carbocycles. The number of rotatable bonds is 8. The second-order valence-electron chi connectivity index (χ2n) is 7.13. The summed E-state index contributed by atoms with van der Waals surface area (Å²) in [4.78, 5) is 21.9. The molecule has 0 fully saturated rings. The van der Waals surface area contributed by atoms with E-state index in [2.05, 4.69) is 15.6 Å². The Kier molecular flexibility index (Phi) is 6.04. The summed E-state index contributed by atoms with van der Waals surface area (Å²) in [6.45, 7) is 3.63. The molecule has 0 bridgehead atoms. The van der Waals surface area contributed by atoms with Gasteiger partial charge in [-0.05, 0) is 57.5 Å². The van der Waals surface area contributed by atoms with Crippen molar-refractivity contribution in [2.75, 3.05) is 25.5 Å². The van der Waals surface area contributed by atoms with Crippen LogP contribution >= 0.6 is 0 Å². The van der Waals surface area contributed by atoms with Crippen molar-refractivity contribution >= 4 is 17.6 Å². The summed E-state index contributed by atoms with van der Waals surface area (Å²) in [6.07, 6.45) is 4.20. The number of carbonyl (C=O) groups is 1. The fourth-order valence-corrected chi connectivity index (χ4v) is 3.69. The molecule has 1 aromatic carbocycles. The van der Waals surface area contributed by atoms with Gasteiger partial charge in [-0.15, -0.1) is 0 Å². The Morgan fingerprint density at radius 3 is 2.80 bits per heavy atom.